The third-order valence-electron chi connectivity index (χ3n) is 15.5. The van der Waals surface area contributed by atoms with Gasteiger partial charge < -0.3 is 143 Å². The van der Waals surface area contributed by atoms with E-state index in [9.17, 15) is 81.4 Å². The molecule has 7 saturated heterocycles. The summed E-state index contributed by atoms with van der Waals surface area (Å²) in [6.45, 7) is 3.96. The predicted octanol–water partition coefficient (Wildman–Crippen LogP) is -6.67. The summed E-state index contributed by atoms with van der Waals surface area (Å²) in [5.41, 5.74) is 0.232. The molecule has 0 radical (unpaired) electrons. The summed E-state index contributed by atoms with van der Waals surface area (Å²) >= 11 is 0. The fraction of sp³-hybridized carbons (Fsp3) is 0.940. The summed E-state index contributed by atoms with van der Waals surface area (Å²) in [5.74, 6) is 0.239. The molecule has 7 rings (SSSR count). The molecule has 0 aromatic rings. The van der Waals surface area contributed by atoms with Crippen LogP contribution in [0, 0.1) is 11.8 Å². The van der Waals surface area contributed by atoms with Gasteiger partial charge in [-0.05, 0) is 31.6 Å². The third-order valence-corrected chi connectivity index (χ3v) is 15.5. The van der Waals surface area contributed by atoms with Crippen molar-refractivity contribution in [1.82, 2.24) is 0 Å². The first-order valence-electron chi connectivity index (χ1n) is 27.3. The van der Waals surface area contributed by atoms with Crippen LogP contribution in [0.25, 0.3) is 0 Å². The minimum Gasteiger partial charge on any atom is -0.429 e. The molecule has 7 heterocycles. The highest BCUT2D eigenvalue weighted by Crippen LogP contribution is 2.35. The van der Waals surface area contributed by atoms with Crippen LogP contribution >= 0.6 is 0 Å². The van der Waals surface area contributed by atoms with Gasteiger partial charge in [0.2, 0.25) is 6.29 Å². The monoisotopic (exact) mass is 1160 g/mol. The van der Waals surface area contributed by atoms with E-state index in [2.05, 4.69) is 20.8 Å². The van der Waals surface area contributed by atoms with Crippen molar-refractivity contribution in [3.8, 4) is 0 Å². The summed E-state index contributed by atoms with van der Waals surface area (Å²) in [6, 6.07) is 0. The largest absolute Gasteiger partial charge is 0.429 e. The van der Waals surface area contributed by atoms with Crippen LogP contribution in [0.3, 0.4) is 0 Å². The van der Waals surface area contributed by atoms with E-state index in [1.54, 1.807) is 13.0 Å². The quantitative estimate of drug-likeness (QED) is 0.0354. The molecule has 30 atom stereocenters. The molecule has 0 bridgehead atoms. The highest BCUT2D eigenvalue weighted by molar-refractivity contribution is 5.87. The molecule has 0 aliphatic carbocycles. The van der Waals surface area contributed by atoms with Crippen LogP contribution in [0.4, 0.5) is 0 Å². The highest BCUT2D eigenvalue weighted by atomic mass is 16.8. The Labute approximate surface area is 461 Å². The molecule has 0 saturated carbocycles. The van der Waals surface area contributed by atoms with E-state index in [0.717, 1.165) is 32.1 Å². The van der Waals surface area contributed by atoms with Gasteiger partial charge in [0.1, 0.15) is 122 Å². The minimum atomic E-state index is -1.96. The number of hydrogen-bond donors (Lipinski definition) is 15. The van der Waals surface area contributed by atoms with Crippen molar-refractivity contribution in [2.45, 2.75) is 238 Å². The predicted molar refractivity (Wildman–Crippen MR) is 259 cm³/mol. The molecule has 464 valence electrons. The molecular formula is C50H84O30. The van der Waals surface area contributed by atoms with E-state index in [4.69, 9.17) is 66.3 Å². The molecule has 30 nitrogen and oxygen atoms in total. The summed E-state index contributed by atoms with van der Waals surface area (Å²) in [5, 5.41) is 163. The van der Waals surface area contributed by atoms with E-state index in [1.807, 2.05) is 0 Å². The van der Waals surface area contributed by atoms with Gasteiger partial charge in [0.05, 0.1) is 46.2 Å². The lowest BCUT2D eigenvalue weighted by Crippen LogP contribution is -2.65. The Hall–Kier alpha value is -1.91. The van der Waals surface area contributed by atoms with E-state index < -0.39 is 224 Å². The van der Waals surface area contributed by atoms with Gasteiger partial charge in [0.15, 0.2) is 43.8 Å². The average molecular weight is 1170 g/mol. The van der Waals surface area contributed by atoms with Crippen molar-refractivity contribution >= 4 is 5.97 Å². The van der Waals surface area contributed by atoms with Gasteiger partial charge in [0.25, 0.3) is 0 Å². The molecule has 7 aliphatic heterocycles. The van der Waals surface area contributed by atoms with E-state index in [-0.39, 0.29) is 5.57 Å². The molecule has 0 aromatic heterocycles. The second kappa shape index (κ2) is 29.9. The number of ether oxygens (including phenoxy) is 14. The van der Waals surface area contributed by atoms with Crippen molar-refractivity contribution in [3.63, 3.8) is 0 Å². The zero-order valence-electron chi connectivity index (χ0n) is 44.9. The Morgan fingerprint density at radius 1 is 0.400 bits per heavy atom. The first-order valence-corrected chi connectivity index (χ1v) is 27.3. The second-order valence-electron chi connectivity index (χ2n) is 21.8. The first-order chi connectivity index (χ1) is 38.0. The molecule has 80 heavy (non-hydrogen) atoms. The van der Waals surface area contributed by atoms with Gasteiger partial charge in [-0.15, -0.1) is 0 Å². The number of allylic oxidation sites excluding steroid dienone is 1. The van der Waals surface area contributed by atoms with Gasteiger partial charge in [-0.2, -0.15) is 0 Å². The normalized spacial score (nSPS) is 46.9. The molecular weight excluding hydrogens is 1080 g/mol. The zero-order chi connectivity index (χ0) is 58.3. The molecule has 30 unspecified atom stereocenters. The summed E-state index contributed by atoms with van der Waals surface area (Å²) in [6.07, 6.45) is -42.8. The van der Waals surface area contributed by atoms with Crippen molar-refractivity contribution < 1.29 is 148 Å². The number of hydrogen-bond acceptors (Lipinski definition) is 30. The molecule has 7 fully saturated rings. The zero-order valence-corrected chi connectivity index (χ0v) is 44.9. The van der Waals surface area contributed by atoms with Crippen LogP contribution in [-0.4, -0.2) is 301 Å². The molecule has 30 heteroatoms. The van der Waals surface area contributed by atoms with Crippen molar-refractivity contribution in [2.24, 2.45) is 11.8 Å². The maximum absolute atomic E-state index is 13.4. The molecule has 0 amide bonds. The fourth-order valence-electron chi connectivity index (χ4n) is 10.0. The molecule has 0 spiro atoms. The maximum atomic E-state index is 13.4. The lowest BCUT2D eigenvalue weighted by Gasteiger charge is -2.48. The standard InChI is InChI=1S/C50H84O30/c1-5-19(2)8-6-9-20(3)10-7-11-21(4)43(66)80-50-42(35(64)28(57)18-73-50)79-49-41(34(63)27(56)17-72-49)78-48-40(33(62)26(55)16-71-48)77-47-39(32(61)25(54)15-70-47)76-46-38(31(60)24(53)14-69-46)75-45-37(30(59)23(52)13-68-45)74-44-36(65)29(58)22(51)12-67-44/h11,19-20,22-42,44-65H,5-10,12-18H2,1-4H3. The number of aliphatic hydroxyl groups excluding tert-OH is 15. The third kappa shape index (κ3) is 16.1. The minimum absolute atomic E-state index is 0.232. The lowest BCUT2D eigenvalue weighted by molar-refractivity contribution is -0.400. The van der Waals surface area contributed by atoms with E-state index in [0.29, 0.717) is 18.3 Å². The molecule has 7 aliphatic rings. The first kappa shape index (κ1) is 65.6. The van der Waals surface area contributed by atoms with Gasteiger partial charge >= 0.3 is 5.97 Å². The van der Waals surface area contributed by atoms with Crippen molar-refractivity contribution in [1.29, 1.82) is 0 Å². The highest BCUT2D eigenvalue weighted by Gasteiger charge is 2.55. The van der Waals surface area contributed by atoms with Crippen LogP contribution in [0.2, 0.25) is 0 Å². The van der Waals surface area contributed by atoms with Gasteiger partial charge in [-0.25, -0.2) is 4.79 Å². The van der Waals surface area contributed by atoms with Crippen molar-refractivity contribution in [3.05, 3.63) is 11.6 Å². The number of rotatable bonds is 22. The number of carbonyl (C=O) groups excluding carboxylic acids is 1. The topological polar surface area (TPSA) is 450 Å². The second-order valence-corrected chi connectivity index (χ2v) is 21.8. The van der Waals surface area contributed by atoms with Crippen LogP contribution in [0.15, 0.2) is 11.6 Å². The van der Waals surface area contributed by atoms with Gasteiger partial charge in [-0.1, -0.05) is 52.5 Å². The summed E-state index contributed by atoms with van der Waals surface area (Å²) in [4.78, 5) is 13.4. The lowest BCUT2D eigenvalue weighted by atomic mass is 9.94. The summed E-state index contributed by atoms with van der Waals surface area (Å²) in [7, 11) is 0. The van der Waals surface area contributed by atoms with E-state index in [1.165, 1.54) is 0 Å². The number of esters is 1. The molecule has 0 aromatic carbocycles. The average Bonchev–Trinajstić information content (AvgIpc) is 3.43. The van der Waals surface area contributed by atoms with Gasteiger partial charge in [-0.3, -0.25) is 0 Å². The Kier molecular flexibility index (Phi) is 24.6. The van der Waals surface area contributed by atoms with Crippen LogP contribution in [-0.2, 0) is 71.1 Å². The van der Waals surface area contributed by atoms with Crippen molar-refractivity contribution in [2.75, 3.05) is 46.2 Å². The number of carbonyl (C=O) groups is 1. The smallest absolute Gasteiger partial charge is 0.335 e. The Bertz CT molecular complexity index is 1910. The van der Waals surface area contributed by atoms with Crippen LogP contribution < -0.4 is 0 Å². The summed E-state index contributed by atoms with van der Waals surface area (Å²) < 4.78 is 81.0. The van der Waals surface area contributed by atoms with Crippen LogP contribution in [0.5, 0.6) is 0 Å². The number of aliphatic hydroxyl groups is 15. The van der Waals surface area contributed by atoms with Gasteiger partial charge in [0, 0.05) is 5.57 Å². The Morgan fingerprint density at radius 2 is 0.675 bits per heavy atom. The Balaban J connectivity index is 1.05. The SMILES string of the molecule is CCC(C)CCCC(C)CCC=C(C)C(=O)OC1OCC(O)C(O)C1OC1OCC(O)C(O)C1OC1OCC(O)C(O)C1OC1OCC(O)C(O)C1OC1OCC(O)C(O)C1OC1OCC(O)C(O)C1OC1OCC(O)C(O)C1O. The maximum Gasteiger partial charge on any atom is 0.335 e. The van der Waals surface area contributed by atoms with E-state index >= 15 is 0 Å². The van der Waals surface area contributed by atoms with Crippen LogP contribution in [0.1, 0.15) is 66.2 Å². The Morgan fingerprint density at radius 3 is 1.01 bits per heavy atom. The fourth-order valence-corrected chi connectivity index (χ4v) is 10.0. The molecule has 15 N–H and O–H groups in total.